The van der Waals surface area contributed by atoms with E-state index in [1.807, 2.05) is 26.8 Å². The van der Waals surface area contributed by atoms with E-state index < -0.39 is 33.4 Å². The van der Waals surface area contributed by atoms with Crippen LogP contribution in [-0.2, 0) is 9.59 Å². The van der Waals surface area contributed by atoms with Gasteiger partial charge >= 0.3 is 5.97 Å². The van der Waals surface area contributed by atoms with Crippen molar-refractivity contribution >= 4 is 23.4 Å². The van der Waals surface area contributed by atoms with Crippen LogP contribution in [0.1, 0.15) is 52.9 Å². The van der Waals surface area contributed by atoms with E-state index in [9.17, 15) is 24.9 Å². The van der Waals surface area contributed by atoms with Gasteiger partial charge in [-0.2, -0.15) is 0 Å². The average Bonchev–Trinajstić information content (AvgIpc) is 2.77. The lowest BCUT2D eigenvalue weighted by Crippen LogP contribution is -2.68. The smallest absolute Gasteiger partial charge is 0.306 e. The van der Waals surface area contributed by atoms with Crippen molar-refractivity contribution in [3.05, 3.63) is 23.8 Å². The number of rotatable bonds is 2. The normalized spacial score (nSPS) is 52.5. The third-order valence-electron chi connectivity index (χ3n) is 8.86. The molecular formula is C22H29ClO5. The Balaban J connectivity index is 1.81. The number of carboxylic acid groups (broad SMARTS) is 1. The van der Waals surface area contributed by atoms with Gasteiger partial charge in [-0.3, -0.25) is 9.59 Å². The minimum absolute atomic E-state index is 0.0113. The van der Waals surface area contributed by atoms with Crippen molar-refractivity contribution in [3.8, 4) is 0 Å². The summed E-state index contributed by atoms with van der Waals surface area (Å²) in [6, 6.07) is 0. The van der Waals surface area contributed by atoms with Crippen LogP contribution in [0.5, 0.6) is 0 Å². The largest absolute Gasteiger partial charge is 0.481 e. The standard InChI is InChI=1S/C22H29ClO5/c1-12-8-16-15-5-4-13-9-14(24)6-7-19(13,2)22(15,23)17(25)10-20(16,3)21(12,28)11-18(26)27/h6-7,9,12,15-17,25,28H,4-5,8,10-11H2,1-3H3,(H,26,27)/t12?,15-,16-,17?,19-,20-,21+,22-/m0/s1. The molecule has 8 atom stereocenters. The lowest BCUT2D eigenvalue weighted by atomic mass is 9.45. The molecule has 0 amide bonds. The summed E-state index contributed by atoms with van der Waals surface area (Å²) < 4.78 is 0. The number of allylic oxidation sites excluding steroid dienone is 4. The fraction of sp³-hybridized carbons (Fsp3) is 0.727. The fourth-order valence-electron chi connectivity index (χ4n) is 7.24. The zero-order valence-corrected chi connectivity index (χ0v) is 17.4. The first-order valence-electron chi connectivity index (χ1n) is 10.2. The Morgan fingerprint density at radius 3 is 2.64 bits per heavy atom. The zero-order valence-electron chi connectivity index (χ0n) is 16.6. The Kier molecular flexibility index (Phi) is 4.26. The summed E-state index contributed by atoms with van der Waals surface area (Å²) in [5, 5.41) is 32.3. The van der Waals surface area contributed by atoms with Crippen LogP contribution in [-0.4, -0.2) is 43.7 Å². The van der Waals surface area contributed by atoms with Crippen molar-refractivity contribution in [2.24, 2.45) is 28.6 Å². The molecule has 0 bridgehead atoms. The van der Waals surface area contributed by atoms with Crippen LogP contribution < -0.4 is 0 Å². The number of carbonyl (C=O) groups is 2. The zero-order chi connectivity index (χ0) is 20.7. The molecule has 0 heterocycles. The van der Waals surface area contributed by atoms with Gasteiger partial charge in [0.25, 0.3) is 0 Å². The molecule has 0 aromatic carbocycles. The third kappa shape index (κ3) is 2.21. The van der Waals surface area contributed by atoms with E-state index in [0.29, 0.717) is 6.42 Å². The summed E-state index contributed by atoms with van der Waals surface area (Å²) in [5.74, 6) is -1.34. The second-order valence-corrected chi connectivity index (χ2v) is 10.5. The number of hydrogen-bond acceptors (Lipinski definition) is 4. The van der Waals surface area contributed by atoms with Crippen LogP contribution >= 0.6 is 11.6 Å². The summed E-state index contributed by atoms with van der Waals surface area (Å²) >= 11 is 7.31. The minimum atomic E-state index is -1.38. The van der Waals surface area contributed by atoms with Gasteiger partial charge in [0.1, 0.15) is 0 Å². The van der Waals surface area contributed by atoms with Gasteiger partial charge in [-0.05, 0) is 55.6 Å². The molecule has 0 spiro atoms. The van der Waals surface area contributed by atoms with Gasteiger partial charge in [0, 0.05) is 10.8 Å². The highest BCUT2D eigenvalue weighted by molar-refractivity contribution is 6.26. The molecule has 6 heteroatoms. The van der Waals surface area contributed by atoms with Gasteiger partial charge in [-0.1, -0.05) is 32.4 Å². The van der Waals surface area contributed by atoms with Crippen molar-refractivity contribution in [1.29, 1.82) is 0 Å². The molecule has 4 aliphatic carbocycles. The Labute approximate surface area is 170 Å². The Morgan fingerprint density at radius 2 is 2.00 bits per heavy atom. The summed E-state index contributed by atoms with van der Waals surface area (Å²) in [6.07, 6.45) is 6.16. The Morgan fingerprint density at radius 1 is 1.32 bits per heavy atom. The highest BCUT2D eigenvalue weighted by Crippen LogP contribution is 2.71. The van der Waals surface area contributed by atoms with E-state index in [4.69, 9.17) is 11.6 Å². The van der Waals surface area contributed by atoms with E-state index in [-0.39, 0.29) is 36.4 Å². The molecule has 3 saturated carbocycles. The Bertz CT molecular complexity index is 805. The molecule has 3 N–H and O–H groups in total. The first-order chi connectivity index (χ1) is 12.9. The van der Waals surface area contributed by atoms with Crippen LogP contribution in [0, 0.1) is 28.6 Å². The van der Waals surface area contributed by atoms with Gasteiger partial charge in [0.2, 0.25) is 0 Å². The van der Waals surface area contributed by atoms with Gasteiger partial charge in [0.15, 0.2) is 5.78 Å². The number of carbonyl (C=O) groups excluding carboxylic acids is 1. The van der Waals surface area contributed by atoms with Gasteiger partial charge < -0.3 is 15.3 Å². The summed E-state index contributed by atoms with van der Waals surface area (Å²) in [4.78, 5) is 22.5. The van der Waals surface area contributed by atoms with E-state index in [1.54, 1.807) is 6.08 Å². The van der Waals surface area contributed by atoms with Gasteiger partial charge in [0.05, 0.1) is 23.0 Å². The SMILES string of the molecule is CC1C[C@H]2[C@@H]3CCC4=CC(=O)C=C[C@]4(C)[C@@]3(Cl)C(O)C[C@]2(C)[C@@]1(O)CC(=O)O. The summed E-state index contributed by atoms with van der Waals surface area (Å²) in [6.45, 7) is 5.83. The topological polar surface area (TPSA) is 94.8 Å². The maximum Gasteiger partial charge on any atom is 0.306 e. The molecule has 0 aliphatic heterocycles. The van der Waals surface area contributed by atoms with Crippen molar-refractivity contribution in [3.63, 3.8) is 0 Å². The van der Waals surface area contributed by atoms with E-state index >= 15 is 0 Å². The second-order valence-electron chi connectivity index (χ2n) is 9.90. The number of hydrogen-bond donors (Lipinski definition) is 3. The maximum atomic E-state index is 11.9. The molecule has 0 aromatic rings. The van der Waals surface area contributed by atoms with Crippen molar-refractivity contribution in [2.45, 2.75) is 69.5 Å². The maximum absolute atomic E-state index is 11.9. The summed E-state index contributed by atoms with van der Waals surface area (Å²) in [5.41, 5.74) is -1.78. The average molecular weight is 409 g/mol. The quantitative estimate of drug-likeness (QED) is 0.610. The van der Waals surface area contributed by atoms with E-state index in [0.717, 1.165) is 18.4 Å². The number of alkyl halides is 1. The molecule has 5 nitrogen and oxygen atoms in total. The molecule has 2 unspecified atom stereocenters. The number of carboxylic acids is 1. The fourth-order valence-corrected chi connectivity index (χ4v) is 7.76. The molecule has 0 radical (unpaired) electrons. The molecule has 4 aliphatic rings. The Hall–Kier alpha value is -1.17. The highest BCUT2D eigenvalue weighted by atomic mass is 35.5. The minimum Gasteiger partial charge on any atom is -0.481 e. The number of aliphatic hydroxyl groups excluding tert-OH is 1. The predicted molar refractivity (Wildman–Crippen MR) is 105 cm³/mol. The molecule has 0 saturated heterocycles. The van der Waals surface area contributed by atoms with Crippen molar-refractivity contribution in [1.82, 2.24) is 0 Å². The summed E-state index contributed by atoms with van der Waals surface area (Å²) in [7, 11) is 0. The van der Waals surface area contributed by atoms with Gasteiger partial charge in [-0.25, -0.2) is 0 Å². The van der Waals surface area contributed by atoms with Crippen molar-refractivity contribution < 1.29 is 24.9 Å². The number of aliphatic carboxylic acids is 1. The molecule has 28 heavy (non-hydrogen) atoms. The van der Waals surface area contributed by atoms with E-state index in [2.05, 4.69) is 0 Å². The van der Waals surface area contributed by atoms with Crippen molar-refractivity contribution in [2.75, 3.05) is 0 Å². The predicted octanol–water partition coefficient (Wildman–Crippen LogP) is 3.08. The number of ketones is 1. The van der Waals surface area contributed by atoms with E-state index in [1.165, 1.54) is 6.08 Å². The molecule has 0 aromatic heterocycles. The van der Waals surface area contributed by atoms with Crippen LogP contribution in [0.15, 0.2) is 23.8 Å². The third-order valence-corrected chi connectivity index (χ3v) is 9.79. The number of halogens is 1. The van der Waals surface area contributed by atoms with Crippen LogP contribution in [0.2, 0.25) is 0 Å². The molecule has 4 rings (SSSR count). The first-order valence-corrected chi connectivity index (χ1v) is 10.5. The lowest BCUT2D eigenvalue weighted by molar-refractivity contribution is -0.176. The lowest BCUT2D eigenvalue weighted by Gasteiger charge is -2.64. The molecule has 3 fully saturated rings. The van der Waals surface area contributed by atoms with Gasteiger partial charge in [-0.15, -0.1) is 11.6 Å². The number of aliphatic hydroxyl groups is 2. The second kappa shape index (κ2) is 5.93. The molecular weight excluding hydrogens is 380 g/mol. The first kappa shape index (κ1) is 20.1. The molecule has 154 valence electrons. The number of fused-ring (bicyclic) bond motifs is 5. The van der Waals surface area contributed by atoms with Crippen LogP contribution in [0.3, 0.4) is 0 Å². The highest BCUT2D eigenvalue weighted by Gasteiger charge is 2.73. The monoisotopic (exact) mass is 408 g/mol. The van der Waals surface area contributed by atoms with Crippen LogP contribution in [0.25, 0.3) is 0 Å². The van der Waals surface area contributed by atoms with Crippen LogP contribution in [0.4, 0.5) is 0 Å².